The number of hydrogen-bond acceptors (Lipinski definition) is 3. The van der Waals surface area contributed by atoms with Gasteiger partial charge in [-0.2, -0.15) is 18.3 Å². The minimum absolute atomic E-state index is 0.307. The Labute approximate surface area is 168 Å². The molecule has 8 heteroatoms. The first kappa shape index (κ1) is 19.5. The monoisotopic (exact) mass is 414 g/mol. The van der Waals surface area contributed by atoms with E-state index in [1.54, 1.807) is 12.1 Å². The highest BCUT2D eigenvalue weighted by molar-refractivity contribution is 5.72. The second-order valence-electron chi connectivity index (χ2n) is 6.58. The van der Waals surface area contributed by atoms with E-state index < -0.39 is 17.6 Å². The van der Waals surface area contributed by atoms with Gasteiger partial charge in [-0.25, -0.2) is 9.07 Å². The number of benzene rings is 3. The lowest BCUT2D eigenvalue weighted by molar-refractivity contribution is -0.137. The van der Waals surface area contributed by atoms with E-state index in [2.05, 4.69) is 5.10 Å². The first-order valence-corrected chi connectivity index (χ1v) is 8.78. The van der Waals surface area contributed by atoms with Gasteiger partial charge in [0.05, 0.1) is 22.6 Å². The SMILES string of the molecule is Oc1ccc(-c2cc(-c3ccc(F)cc3)nn2-c2ccc(C(F)(F)F)cc2)cc1O. The number of aromatic hydroxyl groups is 2. The molecule has 30 heavy (non-hydrogen) atoms. The molecule has 1 heterocycles. The van der Waals surface area contributed by atoms with Gasteiger partial charge in [-0.05, 0) is 72.8 Å². The Hall–Kier alpha value is -3.81. The zero-order valence-corrected chi connectivity index (χ0v) is 15.2. The van der Waals surface area contributed by atoms with Gasteiger partial charge < -0.3 is 10.2 Å². The zero-order valence-electron chi connectivity index (χ0n) is 15.2. The van der Waals surface area contributed by atoms with Crippen molar-refractivity contribution < 1.29 is 27.8 Å². The topological polar surface area (TPSA) is 58.3 Å². The second-order valence-corrected chi connectivity index (χ2v) is 6.58. The van der Waals surface area contributed by atoms with E-state index in [0.29, 0.717) is 28.2 Å². The minimum Gasteiger partial charge on any atom is -0.504 e. The van der Waals surface area contributed by atoms with Gasteiger partial charge in [0.1, 0.15) is 5.82 Å². The van der Waals surface area contributed by atoms with E-state index >= 15 is 0 Å². The maximum absolute atomic E-state index is 13.3. The maximum Gasteiger partial charge on any atom is 0.416 e. The third-order valence-corrected chi connectivity index (χ3v) is 4.56. The minimum atomic E-state index is -4.46. The van der Waals surface area contributed by atoms with Crippen molar-refractivity contribution in [3.63, 3.8) is 0 Å². The van der Waals surface area contributed by atoms with Crippen molar-refractivity contribution in [2.24, 2.45) is 0 Å². The van der Waals surface area contributed by atoms with Crippen molar-refractivity contribution in [3.05, 3.63) is 84.2 Å². The standard InChI is InChI=1S/C22H14F4N2O2/c23-16-6-1-13(2-7-16)18-12-19(14-3-10-20(29)21(30)11-14)28(27-18)17-8-4-15(5-9-17)22(24,25)26/h1-12,29-30H. The predicted molar refractivity (Wildman–Crippen MR) is 103 cm³/mol. The number of alkyl halides is 3. The Morgan fingerprint density at radius 2 is 1.37 bits per heavy atom. The van der Waals surface area contributed by atoms with Gasteiger partial charge in [0.25, 0.3) is 0 Å². The highest BCUT2D eigenvalue weighted by Gasteiger charge is 2.30. The van der Waals surface area contributed by atoms with Crippen LogP contribution in [0.2, 0.25) is 0 Å². The van der Waals surface area contributed by atoms with E-state index in [4.69, 9.17) is 0 Å². The number of nitrogens with zero attached hydrogens (tertiary/aromatic N) is 2. The average Bonchev–Trinajstić information content (AvgIpc) is 3.15. The van der Waals surface area contributed by atoms with Crippen LogP contribution < -0.4 is 0 Å². The van der Waals surface area contributed by atoms with Crippen LogP contribution in [-0.2, 0) is 6.18 Å². The van der Waals surface area contributed by atoms with Crippen LogP contribution in [0.25, 0.3) is 28.2 Å². The van der Waals surface area contributed by atoms with Gasteiger partial charge in [-0.3, -0.25) is 0 Å². The highest BCUT2D eigenvalue weighted by Crippen LogP contribution is 2.35. The molecule has 0 atom stereocenters. The fourth-order valence-corrected chi connectivity index (χ4v) is 3.02. The Bertz CT molecular complexity index is 1200. The lowest BCUT2D eigenvalue weighted by Gasteiger charge is -2.11. The molecule has 0 unspecified atom stereocenters. The second kappa shape index (κ2) is 7.22. The molecule has 0 fully saturated rings. The summed E-state index contributed by atoms with van der Waals surface area (Å²) in [5, 5.41) is 23.9. The number of halogens is 4. The first-order chi connectivity index (χ1) is 14.2. The smallest absolute Gasteiger partial charge is 0.416 e. The third kappa shape index (κ3) is 3.71. The molecule has 0 saturated carbocycles. The molecule has 0 spiro atoms. The Morgan fingerprint density at radius 1 is 0.733 bits per heavy atom. The summed E-state index contributed by atoms with van der Waals surface area (Å²) in [5.41, 5.74) is 1.57. The molecular formula is C22H14F4N2O2. The molecule has 0 aliphatic heterocycles. The van der Waals surface area contributed by atoms with Crippen molar-refractivity contribution >= 4 is 0 Å². The molecule has 0 bridgehead atoms. The Kier molecular flexibility index (Phi) is 4.69. The van der Waals surface area contributed by atoms with Crippen molar-refractivity contribution in [1.29, 1.82) is 0 Å². The van der Waals surface area contributed by atoms with E-state index in [-0.39, 0.29) is 11.5 Å². The molecule has 0 aliphatic rings. The van der Waals surface area contributed by atoms with Crippen LogP contribution in [0, 0.1) is 5.82 Å². The molecule has 3 aromatic carbocycles. The molecule has 2 N–H and O–H groups in total. The summed E-state index contributed by atoms with van der Waals surface area (Å²) >= 11 is 0. The molecule has 4 nitrogen and oxygen atoms in total. The zero-order chi connectivity index (χ0) is 21.5. The van der Waals surface area contributed by atoms with Crippen LogP contribution in [0.5, 0.6) is 11.5 Å². The Morgan fingerprint density at radius 3 is 1.97 bits per heavy atom. The van der Waals surface area contributed by atoms with Gasteiger partial charge in [-0.1, -0.05) is 0 Å². The molecule has 0 amide bonds. The summed E-state index contributed by atoms with van der Waals surface area (Å²) < 4.78 is 53.4. The largest absolute Gasteiger partial charge is 0.504 e. The van der Waals surface area contributed by atoms with Crippen molar-refractivity contribution in [2.45, 2.75) is 6.18 Å². The fraction of sp³-hybridized carbons (Fsp3) is 0.0455. The summed E-state index contributed by atoms with van der Waals surface area (Å²) in [6, 6.07) is 15.9. The Balaban J connectivity index is 1.87. The molecular weight excluding hydrogens is 400 g/mol. The third-order valence-electron chi connectivity index (χ3n) is 4.56. The summed E-state index contributed by atoms with van der Waals surface area (Å²) in [4.78, 5) is 0. The summed E-state index contributed by atoms with van der Waals surface area (Å²) in [5.74, 6) is -1.07. The summed E-state index contributed by atoms with van der Waals surface area (Å²) in [7, 11) is 0. The van der Waals surface area contributed by atoms with Gasteiger partial charge >= 0.3 is 6.18 Å². The summed E-state index contributed by atoms with van der Waals surface area (Å²) in [6.07, 6.45) is -4.46. The molecule has 1 aromatic heterocycles. The van der Waals surface area contributed by atoms with Gasteiger partial charge in [0.2, 0.25) is 0 Å². The quantitative estimate of drug-likeness (QED) is 0.330. The van der Waals surface area contributed by atoms with Crippen LogP contribution in [-0.4, -0.2) is 20.0 Å². The van der Waals surface area contributed by atoms with Crippen LogP contribution in [0.15, 0.2) is 72.8 Å². The van der Waals surface area contributed by atoms with Crippen LogP contribution >= 0.6 is 0 Å². The molecule has 152 valence electrons. The van der Waals surface area contributed by atoms with Crippen molar-refractivity contribution in [2.75, 3.05) is 0 Å². The number of phenols is 2. The maximum atomic E-state index is 13.3. The number of aromatic nitrogens is 2. The van der Waals surface area contributed by atoms with Crippen LogP contribution in [0.1, 0.15) is 5.56 Å². The normalized spacial score (nSPS) is 11.6. The molecule has 0 radical (unpaired) electrons. The van der Waals surface area contributed by atoms with E-state index in [0.717, 1.165) is 12.1 Å². The highest BCUT2D eigenvalue weighted by atomic mass is 19.4. The molecule has 0 saturated heterocycles. The summed E-state index contributed by atoms with van der Waals surface area (Å²) in [6.45, 7) is 0. The van der Waals surface area contributed by atoms with E-state index in [1.807, 2.05) is 0 Å². The van der Waals surface area contributed by atoms with Gasteiger partial charge in [-0.15, -0.1) is 0 Å². The number of hydrogen-bond donors (Lipinski definition) is 2. The lowest BCUT2D eigenvalue weighted by Crippen LogP contribution is -2.06. The van der Waals surface area contributed by atoms with Crippen molar-refractivity contribution in [1.82, 2.24) is 9.78 Å². The van der Waals surface area contributed by atoms with Crippen LogP contribution in [0.4, 0.5) is 17.6 Å². The molecule has 4 rings (SSSR count). The lowest BCUT2D eigenvalue weighted by atomic mass is 10.1. The first-order valence-electron chi connectivity index (χ1n) is 8.78. The van der Waals surface area contributed by atoms with Gasteiger partial charge in [0, 0.05) is 11.1 Å². The predicted octanol–water partition coefficient (Wildman–Crippen LogP) is 5.78. The molecule has 0 aliphatic carbocycles. The van der Waals surface area contributed by atoms with Crippen LogP contribution in [0.3, 0.4) is 0 Å². The van der Waals surface area contributed by atoms with Gasteiger partial charge in [0.15, 0.2) is 11.5 Å². The van der Waals surface area contributed by atoms with Crippen molar-refractivity contribution in [3.8, 4) is 39.7 Å². The molecule has 4 aromatic rings. The van der Waals surface area contributed by atoms with E-state index in [1.165, 1.54) is 53.2 Å². The fourth-order valence-electron chi connectivity index (χ4n) is 3.02. The average molecular weight is 414 g/mol. The number of rotatable bonds is 3. The number of phenolic OH excluding ortho intramolecular Hbond substituents is 2. The van der Waals surface area contributed by atoms with E-state index in [9.17, 15) is 27.8 Å².